The van der Waals surface area contributed by atoms with Crippen molar-refractivity contribution in [2.45, 2.75) is 31.2 Å². The van der Waals surface area contributed by atoms with Crippen LogP contribution in [0.3, 0.4) is 0 Å². The second kappa shape index (κ2) is 7.61. The van der Waals surface area contributed by atoms with Crippen LogP contribution >= 0.6 is 0 Å². The summed E-state index contributed by atoms with van der Waals surface area (Å²) in [7, 11) is -3.29. The molecule has 1 aromatic heterocycles. The number of sulfone groups is 1. The van der Waals surface area contributed by atoms with Gasteiger partial charge < -0.3 is 10.3 Å². The van der Waals surface area contributed by atoms with E-state index < -0.39 is 15.7 Å². The smallest absolute Gasteiger partial charge is 0.249 e. The van der Waals surface area contributed by atoms with Gasteiger partial charge in [0.15, 0.2) is 9.84 Å². The molecule has 0 radical (unpaired) electrons. The van der Waals surface area contributed by atoms with E-state index in [0.717, 1.165) is 40.2 Å². The zero-order valence-corrected chi connectivity index (χ0v) is 17.9. The second-order valence-electron chi connectivity index (χ2n) is 7.67. The first kappa shape index (κ1) is 20.2. The molecule has 0 spiro atoms. The minimum Gasteiger partial charge on any atom is -0.366 e. The predicted octanol–water partition coefficient (Wildman–Crippen LogP) is 4.30. The number of primary amides is 1. The lowest BCUT2D eigenvalue weighted by Crippen LogP contribution is -2.11. The third-order valence-corrected chi connectivity index (χ3v) is 6.54. The molecule has 0 saturated heterocycles. The van der Waals surface area contributed by atoms with Crippen LogP contribution in [0.15, 0.2) is 65.6 Å². The number of carbonyl (C=O) groups is 1. The summed E-state index contributed by atoms with van der Waals surface area (Å²) in [6.07, 6.45) is 3.21. The van der Waals surface area contributed by atoms with Gasteiger partial charge in [0.25, 0.3) is 0 Å². The molecule has 0 aliphatic rings. The number of carbonyl (C=O) groups excluding carboxylic acids is 1. The highest BCUT2D eigenvalue weighted by molar-refractivity contribution is 7.90. The number of fused-ring (bicyclic) bond motifs is 3. The van der Waals surface area contributed by atoms with E-state index in [4.69, 9.17) is 5.73 Å². The molecule has 0 fully saturated rings. The van der Waals surface area contributed by atoms with Crippen LogP contribution in [0.25, 0.3) is 21.8 Å². The van der Waals surface area contributed by atoms with Gasteiger partial charge in [-0.1, -0.05) is 43.7 Å². The molecule has 3 aromatic carbocycles. The summed E-state index contributed by atoms with van der Waals surface area (Å²) in [5, 5.41) is 1.81. The van der Waals surface area contributed by atoms with E-state index in [1.165, 1.54) is 11.8 Å². The largest absolute Gasteiger partial charge is 0.366 e. The van der Waals surface area contributed by atoms with E-state index in [9.17, 15) is 13.2 Å². The average Bonchev–Trinajstić information content (AvgIpc) is 3.01. The number of aromatic nitrogens is 1. The maximum absolute atomic E-state index is 12.1. The van der Waals surface area contributed by atoms with Crippen LogP contribution in [0, 0.1) is 0 Å². The van der Waals surface area contributed by atoms with Crippen LogP contribution in [-0.4, -0.2) is 25.1 Å². The fraction of sp³-hybridized carbons (Fsp3) is 0.208. The van der Waals surface area contributed by atoms with Gasteiger partial charge in [-0.15, -0.1) is 0 Å². The Balaban J connectivity index is 1.98. The maximum Gasteiger partial charge on any atom is 0.249 e. The van der Waals surface area contributed by atoms with Crippen molar-refractivity contribution in [2.75, 3.05) is 6.26 Å². The van der Waals surface area contributed by atoms with Crippen molar-refractivity contribution in [1.29, 1.82) is 0 Å². The summed E-state index contributed by atoms with van der Waals surface area (Å²) in [6.45, 7) is 2.63. The minimum absolute atomic E-state index is 0.297. The molecule has 1 amide bonds. The normalized spacial score (nSPS) is 11.9. The van der Waals surface area contributed by atoms with Crippen molar-refractivity contribution in [3.63, 3.8) is 0 Å². The molecule has 4 aromatic rings. The molecule has 1 heterocycles. The highest BCUT2D eigenvalue weighted by atomic mass is 32.2. The third-order valence-electron chi connectivity index (χ3n) is 5.43. The highest BCUT2D eigenvalue weighted by Gasteiger charge is 2.17. The van der Waals surface area contributed by atoms with Crippen LogP contribution in [0.2, 0.25) is 0 Å². The number of nitrogens with zero attached hydrogens (tertiary/aromatic N) is 1. The number of nitrogens with two attached hydrogens (primary N) is 1. The van der Waals surface area contributed by atoms with Crippen molar-refractivity contribution in [2.24, 2.45) is 5.73 Å². The van der Waals surface area contributed by atoms with E-state index in [1.807, 2.05) is 18.2 Å². The molecule has 0 aliphatic heterocycles. The van der Waals surface area contributed by atoms with Crippen molar-refractivity contribution >= 4 is 37.6 Å². The monoisotopic (exact) mass is 420 g/mol. The van der Waals surface area contributed by atoms with Crippen molar-refractivity contribution in [1.82, 2.24) is 4.57 Å². The topological polar surface area (TPSA) is 82.2 Å². The second-order valence-corrected chi connectivity index (χ2v) is 9.69. The van der Waals surface area contributed by atoms with Crippen LogP contribution in [0.5, 0.6) is 0 Å². The van der Waals surface area contributed by atoms with Gasteiger partial charge in [-0.2, -0.15) is 0 Å². The lowest BCUT2D eigenvalue weighted by molar-refractivity contribution is 0.100. The zero-order valence-electron chi connectivity index (χ0n) is 17.1. The van der Waals surface area contributed by atoms with E-state index in [1.54, 1.807) is 24.3 Å². The van der Waals surface area contributed by atoms with Crippen LogP contribution in [-0.2, 0) is 22.8 Å². The summed E-state index contributed by atoms with van der Waals surface area (Å²) in [4.78, 5) is 12.4. The SMILES string of the molecule is CCCc1ccc2c3c(C(N)=O)cccc3n(Cc3cccc(S(C)(=O)=O)c3)c2c1. The molecule has 5 nitrogen and oxygen atoms in total. The van der Waals surface area contributed by atoms with E-state index in [-0.39, 0.29) is 0 Å². The molecule has 4 rings (SSSR count). The third kappa shape index (κ3) is 3.59. The summed E-state index contributed by atoms with van der Waals surface area (Å²) in [6, 6.07) is 18.9. The molecular formula is C24H24N2O3S. The number of hydrogen-bond acceptors (Lipinski definition) is 3. The number of aryl methyl sites for hydroxylation is 1. The molecule has 2 N–H and O–H groups in total. The number of benzene rings is 3. The molecule has 0 bridgehead atoms. The highest BCUT2D eigenvalue weighted by Crippen LogP contribution is 2.33. The van der Waals surface area contributed by atoms with E-state index >= 15 is 0 Å². The Morgan fingerprint density at radius 1 is 0.967 bits per heavy atom. The van der Waals surface area contributed by atoms with Gasteiger partial charge >= 0.3 is 0 Å². The Labute approximate surface area is 176 Å². The Bertz CT molecular complexity index is 1380. The first-order valence-electron chi connectivity index (χ1n) is 9.92. The van der Waals surface area contributed by atoms with Gasteiger partial charge in [-0.05, 0) is 47.9 Å². The van der Waals surface area contributed by atoms with E-state index in [2.05, 4.69) is 29.7 Å². The molecule has 154 valence electrons. The quantitative estimate of drug-likeness (QED) is 0.505. The van der Waals surface area contributed by atoms with Crippen molar-refractivity contribution < 1.29 is 13.2 Å². The summed E-state index contributed by atoms with van der Waals surface area (Å²) in [5.41, 5.74) is 10.2. The maximum atomic E-state index is 12.1. The fourth-order valence-corrected chi connectivity index (χ4v) is 4.76. The average molecular weight is 421 g/mol. The summed E-state index contributed by atoms with van der Waals surface area (Å²) >= 11 is 0. The number of amides is 1. The van der Waals surface area contributed by atoms with Gasteiger partial charge in [0.05, 0.1) is 10.4 Å². The van der Waals surface area contributed by atoms with Gasteiger partial charge in [0, 0.05) is 34.7 Å². The molecule has 0 saturated carbocycles. The van der Waals surface area contributed by atoms with Crippen LogP contribution < -0.4 is 5.73 Å². The molecular weight excluding hydrogens is 396 g/mol. The summed E-state index contributed by atoms with van der Waals surface area (Å²) in [5.74, 6) is -0.462. The van der Waals surface area contributed by atoms with Crippen molar-refractivity contribution in [3.05, 3.63) is 77.4 Å². The van der Waals surface area contributed by atoms with Crippen LogP contribution in [0.4, 0.5) is 0 Å². The molecule has 30 heavy (non-hydrogen) atoms. The fourth-order valence-electron chi connectivity index (χ4n) is 4.07. The predicted molar refractivity (Wildman–Crippen MR) is 121 cm³/mol. The number of rotatable bonds is 6. The Morgan fingerprint density at radius 3 is 2.43 bits per heavy atom. The lowest BCUT2D eigenvalue weighted by Gasteiger charge is -2.10. The summed E-state index contributed by atoms with van der Waals surface area (Å²) < 4.78 is 26.1. The molecule has 0 unspecified atom stereocenters. The first-order valence-corrected chi connectivity index (χ1v) is 11.8. The Hall–Kier alpha value is -3.12. The number of hydrogen-bond donors (Lipinski definition) is 1. The minimum atomic E-state index is -3.29. The Morgan fingerprint density at radius 2 is 1.73 bits per heavy atom. The van der Waals surface area contributed by atoms with Crippen LogP contribution in [0.1, 0.15) is 34.8 Å². The Kier molecular flexibility index (Phi) is 5.12. The van der Waals surface area contributed by atoms with E-state index in [0.29, 0.717) is 17.0 Å². The molecule has 0 aliphatic carbocycles. The first-order chi connectivity index (χ1) is 14.3. The van der Waals surface area contributed by atoms with Gasteiger partial charge in [0.1, 0.15) is 0 Å². The van der Waals surface area contributed by atoms with Gasteiger partial charge in [-0.3, -0.25) is 4.79 Å². The van der Waals surface area contributed by atoms with Gasteiger partial charge in [-0.25, -0.2) is 8.42 Å². The lowest BCUT2D eigenvalue weighted by atomic mass is 10.0. The molecule has 0 atom stereocenters. The standard InChI is InChI=1S/C24H24N2O3S/c1-3-6-16-11-12-19-22(14-16)26(21-10-5-9-20(23(19)21)24(25)27)15-17-7-4-8-18(13-17)30(2,28)29/h4-5,7-14H,3,6,15H2,1-2H3,(H2,25,27). The molecule has 6 heteroatoms. The van der Waals surface area contributed by atoms with Gasteiger partial charge in [0.2, 0.25) is 5.91 Å². The zero-order chi connectivity index (χ0) is 21.5. The van der Waals surface area contributed by atoms with Crippen molar-refractivity contribution in [3.8, 4) is 0 Å².